The van der Waals surface area contributed by atoms with Gasteiger partial charge in [0.1, 0.15) is 29.6 Å². The van der Waals surface area contributed by atoms with Crippen LogP contribution in [0.25, 0.3) is 0 Å². The van der Waals surface area contributed by atoms with Gasteiger partial charge in [-0.2, -0.15) is 5.26 Å². The van der Waals surface area contributed by atoms with E-state index in [4.69, 9.17) is 42.6 Å². The smallest absolute Gasteiger partial charge is 0.504 e. The number of nitrogens with zero attached hydrogens (tertiary/aromatic N) is 3. The molecule has 3 aromatic carbocycles. The summed E-state index contributed by atoms with van der Waals surface area (Å²) >= 11 is 1.33. The molecule has 3 aromatic rings. The topological polar surface area (TPSA) is 214 Å². The first-order valence-electron chi connectivity index (χ1n) is 22.5. The number of ether oxygens (including phenoxy) is 9. The summed E-state index contributed by atoms with van der Waals surface area (Å²) in [6, 6.07) is 3.02. The monoisotopic (exact) mass is 956 g/mol. The Labute approximate surface area is 398 Å². The van der Waals surface area contributed by atoms with E-state index < -0.39 is 76.4 Å². The number of carbonyl (C=O) groups excluding carboxylic acids is 4. The van der Waals surface area contributed by atoms with E-state index >= 15 is 4.79 Å². The number of thioether (sulfide) groups is 1. The van der Waals surface area contributed by atoms with Crippen LogP contribution < -0.4 is 33.7 Å². The summed E-state index contributed by atoms with van der Waals surface area (Å²) in [5, 5.41) is 26.5. The summed E-state index contributed by atoms with van der Waals surface area (Å²) in [4.78, 5) is 59.8. The third-order valence-electron chi connectivity index (χ3n) is 13.3. The number of benzene rings is 3. The van der Waals surface area contributed by atoms with Gasteiger partial charge in [0.25, 0.3) is 0 Å². The number of rotatable bonds is 4. The average Bonchev–Trinajstić information content (AvgIpc) is 3.74. The maximum Gasteiger partial charge on any atom is 0.514 e. The molecule has 2 N–H and O–H groups in total. The fourth-order valence-electron chi connectivity index (χ4n) is 10.9. The second-order valence-electron chi connectivity index (χ2n) is 19.9. The number of methoxy groups -OCH3 is 2. The number of aromatic hydroxyl groups is 1. The standard InChI is InChI=1S/C49H56N4O14S/c1-22-14-26-15-28-29(18-50)52-30-19-61-44(56)49(27-17-31(59-10)32(16-25(27)12-13-51-49)65-46(58)67-48(7,8)9)20-68-43(35-34(30)42-41(62-21-63-42)23(2)40(35)64-24(3)54)37(52)36(33(26)38(55)39(22)60-11)53(28)45(57)66-47(4,5)6/h14,16-17,28-30,36-37,43,51,55H,12-13,15,19-21H2,1-11H3/t28-,29+,30+,36-,37?,43-,49-/m1/s1. The van der Waals surface area contributed by atoms with Crippen molar-refractivity contribution in [1.29, 1.82) is 5.26 Å². The van der Waals surface area contributed by atoms with Crippen LogP contribution in [-0.4, -0.2) is 108 Å². The average molecular weight is 957 g/mol. The van der Waals surface area contributed by atoms with Gasteiger partial charge in [0.05, 0.1) is 49.7 Å². The third kappa shape index (κ3) is 7.55. The largest absolute Gasteiger partial charge is 0.514 e. The first kappa shape index (κ1) is 47.0. The van der Waals surface area contributed by atoms with Crippen LogP contribution in [0.1, 0.15) is 110 Å². The number of hydrogen-bond donors (Lipinski definition) is 2. The molecule has 0 aromatic heterocycles. The summed E-state index contributed by atoms with van der Waals surface area (Å²) < 4.78 is 53.9. The molecule has 68 heavy (non-hydrogen) atoms. The highest BCUT2D eigenvalue weighted by atomic mass is 32.2. The number of nitrogens with one attached hydrogen (secondary N) is 1. The van der Waals surface area contributed by atoms with Gasteiger partial charge in [-0.1, -0.05) is 6.07 Å². The van der Waals surface area contributed by atoms with Crippen LogP contribution in [0.15, 0.2) is 18.2 Å². The van der Waals surface area contributed by atoms with Crippen molar-refractivity contribution in [3.05, 3.63) is 62.7 Å². The number of piperazine rings is 1. The number of fused-ring (bicyclic) bond motifs is 9. The molecule has 7 aliphatic rings. The number of phenolic OH excluding ortho intramolecular Hbond substituents is 1. The number of aryl methyl sites for hydroxylation is 1. The molecule has 0 radical (unpaired) electrons. The lowest BCUT2D eigenvalue weighted by Crippen LogP contribution is -2.71. The molecular formula is C49H56N4O14S. The minimum absolute atomic E-state index is 0.0315. The lowest BCUT2D eigenvalue weighted by atomic mass is 9.71. The molecule has 2 fully saturated rings. The molecule has 0 aliphatic carbocycles. The molecule has 1 unspecified atom stereocenters. The highest BCUT2D eigenvalue weighted by molar-refractivity contribution is 7.99. The van der Waals surface area contributed by atoms with E-state index in [9.17, 15) is 24.8 Å². The Morgan fingerprint density at radius 3 is 2.29 bits per heavy atom. The van der Waals surface area contributed by atoms with Crippen molar-refractivity contribution in [2.45, 2.75) is 127 Å². The normalized spacial score (nSPS) is 25.7. The van der Waals surface area contributed by atoms with Crippen molar-refractivity contribution in [3.63, 3.8) is 0 Å². The van der Waals surface area contributed by atoms with Crippen LogP contribution in [0.4, 0.5) is 9.59 Å². The Balaban J connectivity index is 1.30. The maximum atomic E-state index is 15.2. The van der Waals surface area contributed by atoms with E-state index in [0.29, 0.717) is 63.4 Å². The first-order valence-corrected chi connectivity index (χ1v) is 23.6. The summed E-state index contributed by atoms with van der Waals surface area (Å²) in [7, 11) is 2.89. The highest BCUT2D eigenvalue weighted by Gasteiger charge is 2.64. The van der Waals surface area contributed by atoms with Crippen LogP contribution in [0, 0.1) is 25.2 Å². The fourth-order valence-corrected chi connectivity index (χ4v) is 12.6. The molecule has 7 aliphatic heterocycles. The summed E-state index contributed by atoms with van der Waals surface area (Å²) in [6.07, 6.45) is -1.03. The zero-order chi connectivity index (χ0) is 48.9. The predicted octanol–water partition coefficient (Wildman–Crippen LogP) is 6.90. The van der Waals surface area contributed by atoms with Gasteiger partial charge in [0.15, 0.2) is 40.0 Å². The zero-order valence-electron chi connectivity index (χ0n) is 39.9. The number of hydrogen-bond acceptors (Lipinski definition) is 18. The molecule has 7 heterocycles. The van der Waals surface area contributed by atoms with Crippen molar-refractivity contribution in [3.8, 4) is 46.3 Å². The lowest BCUT2D eigenvalue weighted by Gasteiger charge is -2.62. The molecular weight excluding hydrogens is 901 g/mol. The van der Waals surface area contributed by atoms with Crippen molar-refractivity contribution in [2.75, 3.05) is 39.9 Å². The summed E-state index contributed by atoms with van der Waals surface area (Å²) in [5.41, 5.74) is 1.16. The second-order valence-corrected chi connectivity index (χ2v) is 21.0. The quantitative estimate of drug-likeness (QED) is 0.118. The molecule has 10 rings (SSSR count). The Hall–Kier alpha value is -6.10. The number of esters is 2. The van der Waals surface area contributed by atoms with E-state index in [1.807, 2.05) is 17.9 Å². The molecule has 18 nitrogen and oxygen atoms in total. The van der Waals surface area contributed by atoms with Gasteiger partial charge < -0.3 is 47.7 Å². The van der Waals surface area contributed by atoms with Crippen LogP contribution in [-0.2, 0) is 42.2 Å². The van der Waals surface area contributed by atoms with E-state index in [1.165, 1.54) is 32.9 Å². The van der Waals surface area contributed by atoms with Gasteiger partial charge in [-0.3, -0.25) is 19.9 Å². The molecule has 1 spiro atoms. The number of amides is 1. The molecule has 2 saturated heterocycles. The minimum atomic E-state index is -1.56. The molecule has 0 saturated carbocycles. The molecule has 19 heteroatoms. The second kappa shape index (κ2) is 16.8. The van der Waals surface area contributed by atoms with Crippen molar-refractivity contribution in [1.82, 2.24) is 15.1 Å². The Morgan fingerprint density at radius 2 is 1.63 bits per heavy atom. The molecule has 4 bridgehead atoms. The van der Waals surface area contributed by atoms with Crippen molar-refractivity contribution >= 4 is 35.9 Å². The van der Waals surface area contributed by atoms with E-state index in [2.05, 4.69) is 11.4 Å². The van der Waals surface area contributed by atoms with Gasteiger partial charge >= 0.3 is 24.2 Å². The fraction of sp³-hybridized carbons (Fsp3) is 0.531. The Bertz CT molecular complexity index is 2690. The summed E-state index contributed by atoms with van der Waals surface area (Å²) in [6.45, 7) is 15.2. The third-order valence-corrected chi connectivity index (χ3v) is 14.8. The summed E-state index contributed by atoms with van der Waals surface area (Å²) in [5.74, 6) is -0.0543. The lowest BCUT2D eigenvalue weighted by molar-refractivity contribution is -0.157. The predicted molar refractivity (Wildman–Crippen MR) is 243 cm³/mol. The van der Waals surface area contributed by atoms with E-state index in [0.717, 1.165) is 5.56 Å². The van der Waals surface area contributed by atoms with E-state index in [1.54, 1.807) is 65.5 Å². The van der Waals surface area contributed by atoms with Gasteiger partial charge in [-0.05, 0) is 103 Å². The zero-order valence-corrected chi connectivity index (χ0v) is 40.8. The SMILES string of the molecule is COc1cc2c(cc1OC(=O)OC(C)(C)C)CCN[C@]21CS[C@@H]2c3c(OC(C)=O)c(C)c4c(c3[C@H](COC1=O)N1C2[C@H]2c3c(cc(C)c(OC)c3O)C[C@H]([C@@H]1C#N)N2C(=O)OC(C)(C)C)OCO4. The maximum absolute atomic E-state index is 15.2. The van der Waals surface area contributed by atoms with Crippen LogP contribution in [0.5, 0.6) is 40.2 Å². The molecule has 1 amide bonds. The number of phenols is 1. The Morgan fingerprint density at radius 1 is 0.912 bits per heavy atom. The molecule has 362 valence electrons. The minimum Gasteiger partial charge on any atom is -0.504 e. The van der Waals surface area contributed by atoms with Crippen LogP contribution >= 0.6 is 11.8 Å². The first-order chi connectivity index (χ1) is 32.1. The van der Waals surface area contributed by atoms with Crippen LogP contribution in [0.2, 0.25) is 0 Å². The Kier molecular flexibility index (Phi) is 11.6. The number of nitriles is 1. The van der Waals surface area contributed by atoms with Crippen molar-refractivity contribution < 1.29 is 66.9 Å². The van der Waals surface area contributed by atoms with Crippen LogP contribution in [0.3, 0.4) is 0 Å². The van der Waals surface area contributed by atoms with Gasteiger partial charge in [0, 0.05) is 41.5 Å². The highest BCUT2D eigenvalue weighted by Crippen LogP contribution is 2.65. The molecule has 7 atom stereocenters. The van der Waals surface area contributed by atoms with E-state index in [-0.39, 0.29) is 54.3 Å². The van der Waals surface area contributed by atoms with Gasteiger partial charge in [-0.15, -0.1) is 11.8 Å². The van der Waals surface area contributed by atoms with Crippen molar-refractivity contribution in [2.24, 2.45) is 0 Å². The van der Waals surface area contributed by atoms with Gasteiger partial charge in [-0.25, -0.2) is 14.4 Å². The number of carbonyl (C=O) groups is 4. The van der Waals surface area contributed by atoms with Gasteiger partial charge in [0.2, 0.25) is 6.79 Å².